The van der Waals surface area contributed by atoms with Crippen LogP contribution in [0.4, 0.5) is 4.39 Å². The molecule has 0 aliphatic heterocycles. The van der Waals surface area contributed by atoms with E-state index in [9.17, 15) is 17.6 Å². The van der Waals surface area contributed by atoms with Crippen molar-refractivity contribution in [2.24, 2.45) is 0 Å². The van der Waals surface area contributed by atoms with Gasteiger partial charge in [0.2, 0.25) is 15.9 Å². The van der Waals surface area contributed by atoms with Crippen molar-refractivity contribution in [3.63, 3.8) is 0 Å². The first-order valence-corrected chi connectivity index (χ1v) is 9.29. The molecule has 2 rings (SSSR count). The Labute approximate surface area is 136 Å². The van der Waals surface area contributed by atoms with Gasteiger partial charge in [-0.15, -0.1) is 0 Å². The first kappa shape index (κ1) is 17.9. The van der Waals surface area contributed by atoms with E-state index < -0.39 is 21.7 Å². The lowest BCUT2D eigenvalue weighted by Crippen LogP contribution is -2.42. The van der Waals surface area contributed by atoms with Gasteiger partial charge >= 0.3 is 0 Å². The fourth-order valence-corrected chi connectivity index (χ4v) is 3.73. The summed E-state index contributed by atoms with van der Waals surface area (Å²) in [6.45, 7) is 0.375. The molecule has 0 bridgehead atoms. The maximum Gasteiger partial charge on any atom is 0.236 e. The molecule has 0 unspecified atom stereocenters. The smallest absolute Gasteiger partial charge is 0.236 e. The second-order valence-corrected chi connectivity index (χ2v) is 8.49. The van der Waals surface area contributed by atoms with Crippen molar-refractivity contribution in [2.75, 3.05) is 26.4 Å². The third-order valence-corrected chi connectivity index (χ3v) is 6.25. The molecule has 128 valence electrons. The Bertz CT molecular complexity index is 650. The number of hydrogen-bond donors (Lipinski definition) is 1. The van der Waals surface area contributed by atoms with Gasteiger partial charge in [0.15, 0.2) is 0 Å². The lowest BCUT2D eigenvalue weighted by molar-refractivity contribution is -0.118. The molecule has 0 heterocycles. The minimum absolute atomic E-state index is 0.231. The highest BCUT2D eigenvalue weighted by molar-refractivity contribution is 7.89. The summed E-state index contributed by atoms with van der Waals surface area (Å²) in [6.07, 6.45) is 3.89. The van der Waals surface area contributed by atoms with E-state index in [1.54, 1.807) is 12.1 Å². The van der Waals surface area contributed by atoms with Gasteiger partial charge in [0.05, 0.1) is 0 Å². The monoisotopic (exact) mass is 342 g/mol. The predicted molar refractivity (Wildman–Crippen MR) is 87.0 cm³/mol. The van der Waals surface area contributed by atoms with E-state index in [2.05, 4.69) is 5.32 Å². The zero-order chi connectivity index (χ0) is 17.1. The van der Waals surface area contributed by atoms with E-state index in [0.717, 1.165) is 35.6 Å². The molecule has 0 aromatic heterocycles. The SMILES string of the molecule is CN(C)S(=O)(=O)CC(=O)NCC1(c2ccc(F)cc2)CCCC1. The fourth-order valence-electron chi connectivity index (χ4n) is 3.04. The van der Waals surface area contributed by atoms with Crippen molar-refractivity contribution in [1.29, 1.82) is 0 Å². The summed E-state index contributed by atoms with van der Waals surface area (Å²) in [7, 11) is -0.757. The third-order valence-electron chi connectivity index (χ3n) is 4.51. The quantitative estimate of drug-likeness (QED) is 0.855. The lowest BCUT2D eigenvalue weighted by Gasteiger charge is -2.30. The molecule has 1 aromatic rings. The Kier molecular flexibility index (Phi) is 5.41. The Balaban J connectivity index is 2.06. The van der Waals surface area contributed by atoms with Gasteiger partial charge in [-0.25, -0.2) is 17.1 Å². The second kappa shape index (κ2) is 6.97. The van der Waals surface area contributed by atoms with Crippen LogP contribution in [0, 0.1) is 5.82 Å². The number of carbonyl (C=O) groups excluding carboxylic acids is 1. The fraction of sp³-hybridized carbons (Fsp3) is 0.562. The molecule has 23 heavy (non-hydrogen) atoms. The highest BCUT2D eigenvalue weighted by Crippen LogP contribution is 2.40. The van der Waals surface area contributed by atoms with Crippen LogP contribution in [0.5, 0.6) is 0 Å². The van der Waals surface area contributed by atoms with Crippen molar-refractivity contribution in [1.82, 2.24) is 9.62 Å². The van der Waals surface area contributed by atoms with Crippen LogP contribution in [0.25, 0.3) is 0 Å². The van der Waals surface area contributed by atoms with Gasteiger partial charge in [-0.1, -0.05) is 25.0 Å². The molecule has 7 heteroatoms. The van der Waals surface area contributed by atoms with Crippen LogP contribution in [0.3, 0.4) is 0 Å². The molecule has 1 amide bonds. The summed E-state index contributed by atoms with van der Waals surface area (Å²) in [5.74, 6) is -1.35. The molecule has 1 aromatic carbocycles. The minimum Gasteiger partial charge on any atom is -0.354 e. The van der Waals surface area contributed by atoms with Crippen molar-refractivity contribution >= 4 is 15.9 Å². The van der Waals surface area contributed by atoms with E-state index >= 15 is 0 Å². The van der Waals surface area contributed by atoms with Gasteiger partial charge in [0.1, 0.15) is 11.6 Å². The van der Waals surface area contributed by atoms with Gasteiger partial charge in [0, 0.05) is 26.1 Å². The molecular weight excluding hydrogens is 319 g/mol. The van der Waals surface area contributed by atoms with Crippen molar-refractivity contribution in [3.8, 4) is 0 Å². The summed E-state index contributed by atoms with van der Waals surface area (Å²) in [5.41, 5.74) is 0.762. The van der Waals surface area contributed by atoms with Gasteiger partial charge in [0.25, 0.3) is 0 Å². The van der Waals surface area contributed by atoms with Gasteiger partial charge in [-0.3, -0.25) is 4.79 Å². The summed E-state index contributed by atoms with van der Waals surface area (Å²) < 4.78 is 37.7. The van der Waals surface area contributed by atoms with E-state index in [1.807, 2.05) is 0 Å². The number of rotatable bonds is 6. The van der Waals surface area contributed by atoms with Crippen LogP contribution in [0.2, 0.25) is 0 Å². The minimum atomic E-state index is -3.56. The van der Waals surface area contributed by atoms with Crippen LogP contribution < -0.4 is 5.32 Å². The molecule has 0 atom stereocenters. The molecular formula is C16H23FN2O3S. The normalized spacial score (nSPS) is 17.4. The zero-order valence-corrected chi connectivity index (χ0v) is 14.3. The first-order chi connectivity index (χ1) is 10.8. The standard InChI is InChI=1S/C16H23FN2O3S/c1-19(2)23(21,22)11-15(20)18-12-16(9-3-4-10-16)13-5-7-14(17)8-6-13/h5-8H,3-4,9-12H2,1-2H3,(H,18,20). The average Bonchev–Trinajstić information content (AvgIpc) is 2.95. The summed E-state index contributed by atoms with van der Waals surface area (Å²) >= 11 is 0. The number of benzene rings is 1. The van der Waals surface area contributed by atoms with E-state index in [0.29, 0.717) is 6.54 Å². The van der Waals surface area contributed by atoms with Gasteiger partial charge in [-0.2, -0.15) is 0 Å². The molecule has 5 nitrogen and oxygen atoms in total. The second-order valence-electron chi connectivity index (χ2n) is 6.31. The van der Waals surface area contributed by atoms with Crippen molar-refractivity contribution in [2.45, 2.75) is 31.1 Å². The zero-order valence-electron chi connectivity index (χ0n) is 13.5. The molecule has 1 aliphatic carbocycles. The summed E-state index contributed by atoms with van der Waals surface area (Å²) in [6, 6.07) is 6.36. The van der Waals surface area contributed by atoms with E-state index in [1.165, 1.54) is 26.2 Å². The molecule has 0 saturated heterocycles. The number of nitrogens with one attached hydrogen (secondary N) is 1. The molecule has 0 radical (unpaired) electrons. The van der Waals surface area contributed by atoms with Crippen LogP contribution in [-0.2, 0) is 20.2 Å². The number of sulfonamides is 1. The largest absolute Gasteiger partial charge is 0.354 e. The third kappa shape index (κ3) is 4.29. The molecule has 0 spiro atoms. The maximum atomic E-state index is 13.1. The topological polar surface area (TPSA) is 66.5 Å². The molecule has 1 aliphatic rings. The maximum absolute atomic E-state index is 13.1. The van der Waals surface area contributed by atoms with Crippen LogP contribution in [0.1, 0.15) is 31.2 Å². The van der Waals surface area contributed by atoms with Crippen LogP contribution in [-0.4, -0.2) is 45.0 Å². The molecule has 1 fully saturated rings. The summed E-state index contributed by atoms with van der Waals surface area (Å²) in [5, 5.41) is 2.75. The van der Waals surface area contributed by atoms with Gasteiger partial charge < -0.3 is 5.32 Å². The Morgan fingerprint density at radius 2 is 1.78 bits per heavy atom. The number of carbonyl (C=O) groups is 1. The van der Waals surface area contributed by atoms with Crippen LogP contribution in [0.15, 0.2) is 24.3 Å². The first-order valence-electron chi connectivity index (χ1n) is 7.68. The number of halogens is 1. The van der Waals surface area contributed by atoms with Crippen molar-refractivity contribution in [3.05, 3.63) is 35.6 Å². The summed E-state index contributed by atoms with van der Waals surface area (Å²) in [4.78, 5) is 12.0. The van der Waals surface area contributed by atoms with E-state index in [-0.39, 0.29) is 11.2 Å². The Hall–Kier alpha value is -1.47. The lowest BCUT2D eigenvalue weighted by atomic mass is 9.79. The molecule has 1 saturated carbocycles. The Morgan fingerprint density at radius 1 is 1.22 bits per heavy atom. The molecule has 1 N–H and O–H groups in total. The van der Waals surface area contributed by atoms with E-state index in [4.69, 9.17) is 0 Å². The number of nitrogens with zero attached hydrogens (tertiary/aromatic N) is 1. The number of hydrogen-bond acceptors (Lipinski definition) is 3. The Morgan fingerprint density at radius 3 is 2.30 bits per heavy atom. The number of amides is 1. The predicted octanol–water partition coefficient (Wildman–Crippen LogP) is 1.65. The van der Waals surface area contributed by atoms with Gasteiger partial charge in [-0.05, 0) is 30.5 Å². The highest BCUT2D eigenvalue weighted by Gasteiger charge is 2.36. The van der Waals surface area contributed by atoms with Crippen LogP contribution >= 0.6 is 0 Å². The highest BCUT2D eigenvalue weighted by atomic mass is 32.2. The van der Waals surface area contributed by atoms with Crippen molar-refractivity contribution < 1.29 is 17.6 Å². The average molecular weight is 342 g/mol.